The molecule has 0 bridgehead atoms. The fraction of sp³-hybridized carbons (Fsp3) is 0.400. The third kappa shape index (κ3) is 3.04. The molecular formula is C15H17N5O. The van der Waals surface area contributed by atoms with Gasteiger partial charge in [0, 0.05) is 37.1 Å². The molecule has 1 aliphatic rings. The van der Waals surface area contributed by atoms with E-state index in [0.717, 1.165) is 30.9 Å². The first kappa shape index (κ1) is 13.6. The van der Waals surface area contributed by atoms with Gasteiger partial charge in [-0.15, -0.1) is 5.10 Å². The summed E-state index contributed by atoms with van der Waals surface area (Å²) >= 11 is 0. The largest absolute Gasteiger partial charge is 0.337 e. The number of likely N-dealkylation sites (tertiary alicyclic amines) is 1. The molecule has 1 atom stereocenters. The summed E-state index contributed by atoms with van der Waals surface area (Å²) in [6.45, 7) is 3.32. The summed E-state index contributed by atoms with van der Waals surface area (Å²) in [7, 11) is 0. The van der Waals surface area contributed by atoms with Crippen molar-refractivity contribution < 1.29 is 4.79 Å². The SMILES string of the molecule is Cc1nccc(C2CCCN(C(=O)c3cccnn3)C2)n1. The molecular weight excluding hydrogens is 266 g/mol. The minimum Gasteiger partial charge on any atom is -0.337 e. The highest BCUT2D eigenvalue weighted by Crippen LogP contribution is 2.26. The van der Waals surface area contributed by atoms with Gasteiger partial charge in [0.15, 0.2) is 5.69 Å². The highest BCUT2D eigenvalue weighted by atomic mass is 16.2. The summed E-state index contributed by atoms with van der Waals surface area (Å²) in [6, 6.07) is 5.37. The second kappa shape index (κ2) is 5.95. The van der Waals surface area contributed by atoms with Crippen LogP contribution in [0.3, 0.4) is 0 Å². The fourth-order valence-electron chi connectivity index (χ4n) is 2.68. The van der Waals surface area contributed by atoms with Crippen molar-refractivity contribution in [3.05, 3.63) is 47.8 Å². The number of nitrogens with zero attached hydrogens (tertiary/aromatic N) is 5. The van der Waals surface area contributed by atoms with Crippen LogP contribution in [0, 0.1) is 6.92 Å². The van der Waals surface area contributed by atoms with Gasteiger partial charge < -0.3 is 4.90 Å². The Balaban J connectivity index is 1.75. The maximum Gasteiger partial charge on any atom is 0.274 e. The third-order valence-corrected chi connectivity index (χ3v) is 3.72. The smallest absolute Gasteiger partial charge is 0.274 e. The van der Waals surface area contributed by atoms with Crippen LogP contribution in [0.15, 0.2) is 30.6 Å². The Morgan fingerprint density at radius 1 is 1.33 bits per heavy atom. The van der Waals surface area contributed by atoms with Crippen molar-refractivity contribution in [2.75, 3.05) is 13.1 Å². The summed E-state index contributed by atoms with van der Waals surface area (Å²) in [4.78, 5) is 22.9. The lowest BCUT2D eigenvalue weighted by molar-refractivity contribution is 0.0698. The standard InChI is InChI=1S/C15H17N5O/c1-11-16-8-6-13(18-11)12-4-3-9-20(10-12)15(21)14-5-2-7-17-19-14/h2,5-8,12H,3-4,9-10H2,1H3. The second-order valence-corrected chi connectivity index (χ2v) is 5.23. The Kier molecular flexibility index (Phi) is 3.85. The molecule has 1 unspecified atom stereocenters. The Morgan fingerprint density at radius 3 is 3.00 bits per heavy atom. The van der Waals surface area contributed by atoms with Gasteiger partial charge in [-0.25, -0.2) is 9.97 Å². The van der Waals surface area contributed by atoms with Gasteiger partial charge in [-0.1, -0.05) is 0 Å². The third-order valence-electron chi connectivity index (χ3n) is 3.72. The van der Waals surface area contributed by atoms with E-state index in [-0.39, 0.29) is 11.8 Å². The number of carbonyl (C=O) groups is 1. The molecule has 1 saturated heterocycles. The van der Waals surface area contributed by atoms with Crippen LogP contribution in [0.1, 0.15) is 40.8 Å². The lowest BCUT2D eigenvalue weighted by Gasteiger charge is -2.32. The predicted octanol–water partition coefficient (Wildman–Crippen LogP) is 1.59. The first-order valence-electron chi connectivity index (χ1n) is 7.10. The van der Waals surface area contributed by atoms with Crippen molar-refractivity contribution >= 4 is 5.91 Å². The van der Waals surface area contributed by atoms with Crippen LogP contribution >= 0.6 is 0 Å². The molecule has 1 amide bonds. The molecule has 3 rings (SSSR count). The number of hydrogen-bond acceptors (Lipinski definition) is 5. The van der Waals surface area contributed by atoms with E-state index in [4.69, 9.17) is 0 Å². The van der Waals surface area contributed by atoms with Crippen molar-refractivity contribution in [1.29, 1.82) is 0 Å². The number of rotatable bonds is 2. The van der Waals surface area contributed by atoms with Crippen molar-refractivity contribution in [2.24, 2.45) is 0 Å². The molecule has 0 N–H and O–H groups in total. The molecule has 0 aliphatic carbocycles. The molecule has 2 aromatic heterocycles. The van der Waals surface area contributed by atoms with Gasteiger partial charge in [0.05, 0.1) is 0 Å². The van der Waals surface area contributed by atoms with Crippen molar-refractivity contribution in [1.82, 2.24) is 25.1 Å². The summed E-state index contributed by atoms with van der Waals surface area (Å²) in [5.74, 6) is 0.976. The monoisotopic (exact) mass is 283 g/mol. The van der Waals surface area contributed by atoms with Crippen molar-refractivity contribution in [2.45, 2.75) is 25.7 Å². The molecule has 0 spiro atoms. The van der Waals surface area contributed by atoms with E-state index >= 15 is 0 Å². The maximum absolute atomic E-state index is 12.4. The van der Waals surface area contributed by atoms with E-state index in [1.54, 1.807) is 24.5 Å². The topological polar surface area (TPSA) is 71.9 Å². The number of hydrogen-bond donors (Lipinski definition) is 0. The molecule has 21 heavy (non-hydrogen) atoms. The van der Waals surface area contributed by atoms with Crippen LogP contribution in [0.2, 0.25) is 0 Å². The predicted molar refractivity (Wildman–Crippen MR) is 76.7 cm³/mol. The molecule has 1 fully saturated rings. The lowest BCUT2D eigenvalue weighted by Crippen LogP contribution is -2.39. The molecule has 3 heterocycles. The van der Waals surface area contributed by atoms with Crippen LogP contribution in [0.5, 0.6) is 0 Å². The van der Waals surface area contributed by atoms with Crippen molar-refractivity contribution in [3.63, 3.8) is 0 Å². The van der Waals surface area contributed by atoms with E-state index < -0.39 is 0 Å². The number of piperidine rings is 1. The first-order valence-corrected chi connectivity index (χ1v) is 7.10. The van der Waals surface area contributed by atoms with Gasteiger partial charge in [-0.2, -0.15) is 5.10 Å². The van der Waals surface area contributed by atoms with Crippen LogP contribution in [-0.4, -0.2) is 44.1 Å². The maximum atomic E-state index is 12.4. The molecule has 0 saturated carbocycles. The summed E-state index contributed by atoms with van der Waals surface area (Å²) in [6.07, 6.45) is 5.36. The van der Waals surface area contributed by atoms with Gasteiger partial charge in [0.2, 0.25) is 0 Å². The van der Waals surface area contributed by atoms with E-state index in [9.17, 15) is 4.79 Å². The lowest BCUT2D eigenvalue weighted by atomic mass is 9.94. The fourth-order valence-corrected chi connectivity index (χ4v) is 2.68. The zero-order valence-corrected chi connectivity index (χ0v) is 11.9. The van der Waals surface area contributed by atoms with E-state index in [1.807, 2.05) is 17.9 Å². The zero-order chi connectivity index (χ0) is 14.7. The summed E-state index contributed by atoms with van der Waals surface area (Å²) < 4.78 is 0. The van der Waals surface area contributed by atoms with Crippen molar-refractivity contribution in [3.8, 4) is 0 Å². The van der Waals surface area contributed by atoms with E-state index in [2.05, 4.69) is 20.2 Å². The highest BCUT2D eigenvalue weighted by Gasteiger charge is 2.27. The summed E-state index contributed by atoms with van der Waals surface area (Å²) in [5.41, 5.74) is 1.41. The Hall–Kier alpha value is -2.37. The van der Waals surface area contributed by atoms with Gasteiger partial charge >= 0.3 is 0 Å². The van der Waals surface area contributed by atoms with Crippen LogP contribution in [0.25, 0.3) is 0 Å². The van der Waals surface area contributed by atoms with E-state index in [0.29, 0.717) is 12.2 Å². The Morgan fingerprint density at radius 2 is 2.24 bits per heavy atom. The summed E-state index contributed by atoms with van der Waals surface area (Å²) in [5, 5.41) is 7.67. The molecule has 0 radical (unpaired) electrons. The van der Waals surface area contributed by atoms with E-state index in [1.165, 1.54) is 0 Å². The van der Waals surface area contributed by atoms with Gasteiger partial charge in [-0.3, -0.25) is 4.79 Å². The molecule has 108 valence electrons. The molecule has 6 nitrogen and oxygen atoms in total. The second-order valence-electron chi connectivity index (χ2n) is 5.23. The number of aryl methyl sites for hydroxylation is 1. The minimum absolute atomic E-state index is 0.0569. The van der Waals surface area contributed by atoms with Crippen LogP contribution < -0.4 is 0 Å². The average Bonchev–Trinajstić information content (AvgIpc) is 2.55. The van der Waals surface area contributed by atoms with Crippen LogP contribution in [-0.2, 0) is 0 Å². The van der Waals surface area contributed by atoms with Gasteiger partial charge in [0.25, 0.3) is 5.91 Å². The van der Waals surface area contributed by atoms with Gasteiger partial charge in [0.1, 0.15) is 5.82 Å². The number of amides is 1. The van der Waals surface area contributed by atoms with Gasteiger partial charge in [-0.05, 0) is 38.0 Å². The Bertz CT molecular complexity index is 631. The first-order chi connectivity index (χ1) is 10.2. The zero-order valence-electron chi connectivity index (χ0n) is 11.9. The highest BCUT2D eigenvalue weighted by molar-refractivity contribution is 5.92. The molecule has 6 heteroatoms. The molecule has 0 aromatic carbocycles. The quantitative estimate of drug-likeness (QED) is 0.837. The average molecular weight is 283 g/mol. The number of carbonyl (C=O) groups excluding carboxylic acids is 1. The number of aromatic nitrogens is 4. The normalized spacial score (nSPS) is 18.5. The molecule has 2 aromatic rings. The molecule has 1 aliphatic heterocycles. The Labute approximate surface area is 123 Å². The minimum atomic E-state index is -0.0569. The van der Waals surface area contributed by atoms with Crippen LogP contribution in [0.4, 0.5) is 0 Å².